The minimum absolute atomic E-state index is 0.0247. The van der Waals surface area contributed by atoms with Crippen molar-refractivity contribution in [1.82, 2.24) is 13.7 Å². The predicted molar refractivity (Wildman–Crippen MR) is 77.4 cm³/mol. The highest BCUT2D eigenvalue weighted by Crippen LogP contribution is 2.30. The molecular weight excluding hydrogens is 298 g/mol. The number of aromatic nitrogens is 2. The second-order valence-corrected chi connectivity index (χ2v) is 7.54. The second kappa shape index (κ2) is 5.02. The van der Waals surface area contributed by atoms with Crippen LogP contribution in [-0.2, 0) is 10.0 Å². The molecule has 1 aliphatic carbocycles. The summed E-state index contributed by atoms with van der Waals surface area (Å²) in [6, 6.07) is 5.29. The van der Waals surface area contributed by atoms with Crippen LogP contribution in [0, 0.1) is 5.92 Å². The van der Waals surface area contributed by atoms with Crippen LogP contribution in [0.15, 0.2) is 29.4 Å². The van der Waals surface area contributed by atoms with E-state index in [4.69, 9.17) is 11.6 Å². The van der Waals surface area contributed by atoms with Gasteiger partial charge < -0.3 is 0 Å². The summed E-state index contributed by atoms with van der Waals surface area (Å²) in [5, 5.41) is 0.0771. The van der Waals surface area contributed by atoms with Crippen LogP contribution in [-0.4, -0.2) is 35.7 Å². The quantitative estimate of drug-likeness (QED) is 0.871. The average molecular weight is 314 g/mol. The molecule has 2 aromatic heterocycles. The average Bonchev–Trinajstić information content (AvgIpc) is 2.69. The van der Waals surface area contributed by atoms with Crippen molar-refractivity contribution in [2.24, 2.45) is 5.92 Å². The Kier molecular flexibility index (Phi) is 3.48. The van der Waals surface area contributed by atoms with Crippen molar-refractivity contribution < 1.29 is 8.42 Å². The topological polar surface area (TPSA) is 54.7 Å². The van der Waals surface area contributed by atoms with Crippen molar-refractivity contribution in [3.05, 3.63) is 29.5 Å². The molecule has 5 nitrogen and oxygen atoms in total. The normalized spacial score (nSPS) is 16.8. The van der Waals surface area contributed by atoms with E-state index in [-0.39, 0.29) is 10.2 Å². The summed E-state index contributed by atoms with van der Waals surface area (Å²) < 4.78 is 28.3. The smallest absolute Gasteiger partial charge is 0.262 e. The van der Waals surface area contributed by atoms with Crippen LogP contribution in [0.1, 0.15) is 19.3 Å². The van der Waals surface area contributed by atoms with E-state index in [1.165, 1.54) is 15.1 Å². The number of pyridine rings is 1. The molecule has 0 N–H and O–H groups in total. The summed E-state index contributed by atoms with van der Waals surface area (Å²) in [4.78, 5) is 4.10. The third kappa shape index (κ3) is 2.21. The molecule has 108 valence electrons. The molecule has 0 atom stereocenters. The molecule has 0 unspecified atom stereocenters. The molecule has 2 aromatic rings. The lowest BCUT2D eigenvalue weighted by molar-refractivity contribution is 0.262. The summed E-state index contributed by atoms with van der Waals surface area (Å²) in [6.07, 6.45) is 5.05. The molecular formula is C13H16ClN3O2S. The number of nitrogens with zero attached hydrogens (tertiary/aromatic N) is 3. The molecule has 1 saturated carbocycles. The van der Waals surface area contributed by atoms with Gasteiger partial charge in [0.25, 0.3) is 10.0 Å². The number of rotatable bonds is 4. The summed E-state index contributed by atoms with van der Waals surface area (Å²) >= 11 is 6.04. The first-order chi connectivity index (χ1) is 9.50. The minimum Gasteiger partial charge on any atom is -0.288 e. The number of hydrogen-bond donors (Lipinski definition) is 0. The number of hydrogen-bond acceptors (Lipinski definition) is 3. The third-order valence-electron chi connectivity index (χ3n) is 3.84. The fraction of sp³-hybridized carbons (Fsp3) is 0.462. The van der Waals surface area contributed by atoms with Gasteiger partial charge in [0.15, 0.2) is 10.2 Å². The lowest BCUT2D eigenvalue weighted by atomic mass is 9.86. The Morgan fingerprint density at radius 3 is 2.85 bits per heavy atom. The zero-order valence-electron chi connectivity index (χ0n) is 11.2. The van der Waals surface area contributed by atoms with Gasteiger partial charge in [-0.05, 0) is 30.9 Å². The molecule has 1 fully saturated rings. The van der Waals surface area contributed by atoms with E-state index in [2.05, 4.69) is 4.98 Å². The van der Waals surface area contributed by atoms with E-state index in [9.17, 15) is 8.42 Å². The Morgan fingerprint density at radius 2 is 2.20 bits per heavy atom. The van der Waals surface area contributed by atoms with Gasteiger partial charge >= 0.3 is 0 Å². The Morgan fingerprint density at radius 1 is 1.45 bits per heavy atom. The van der Waals surface area contributed by atoms with Crippen molar-refractivity contribution in [3.63, 3.8) is 0 Å². The van der Waals surface area contributed by atoms with Crippen LogP contribution < -0.4 is 0 Å². The Balaban J connectivity index is 2.01. The number of imidazole rings is 1. The SMILES string of the molecule is CN(CC1CCC1)S(=O)(=O)c1c(Cl)nc2ccccn12. The molecule has 7 heteroatoms. The van der Waals surface area contributed by atoms with Crippen LogP contribution in [0.2, 0.25) is 5.15 Å². The van der Waals surface area contributed by atoms with Crippen molar-refractivity contribution in [1.29, 1.82) is 0 Å². The Hall–Kier alpha value is -1.11. The van der Waals surface area contributed by atoms with Gasteiger partial charge in [0.2, 0.25) is 0 Å². The van der Waals surface area contributed by atoms with Gasteiger partial charge in [-0.25, -0.2) is 13.4 Å². The Bertz CT molecular complexity index is 737. The Labute approximate surface area is 123 Å². The van der Waals surface area contributed by atoms with E-state index in [0.717, 1.165) is 12.8 Å². The van der Waals surface area contributed by atoms with E-state index in [1.54, 1.807) is 31.4 Å². The van der Waals surface area contributed by atoms with Crippen molar-refractivity contribution in [3.8, 4) is 0 Å². The highest BCUT2D eigenvalue weighted by atomic mass is 35.5. The van der Waals surface area contributed by atoms with Crippen LogP contribution in [0.5, 0.6) is 0 Å². The monoisotopic (exact) mass is 313 g/mol. The van der Waals surface area contributed by atoms with E-state index in [1.807, 2.05) is 0 Å². The number of sulfonamides is 1. The molecule has 1 aliphatic rings. The van der Waals surface area contributed by atoms with Gasteiger partial charge in [-0.1, -0.05) is 24.1 Å². The zero-order valence-corrected chi connectivity index (χ0v) is 12.7. The maximum absolute atomic E-state index is 12.7. The van der Waals surface area contributed by atoms with Gasteiger partial charge in [-0.3, -0.25) is 4.40 Å². The van der Waals surface area contributed by atoms with E-state index >= 15 is 0 Å². The number of halogens is 1. The van der Waals surface area contributed by atoms with Gasteiger partial charge in [-0.2, -0.15) is 4.31 Å². The summed E-state index contributed by atoms with van der Waals surface area (Å²) in [5.74, 6) is 0.465. The molecule has 0 saturated heterocycles. The zero-order chi connectivity index (χ0) is 14.3. The van der Waals surface area contributed by atoms with E-state index < -0.39 is 10.0 Å². The molecule has 0 bridgehead atoms. The summed E-state index contributed by atoms with van der Waals surface area (Å²) in [7, 11) is -2.02. The minimum atomic E-state index is -3.62. The fourth-order valence-electron chi connectivity index (χ4n) is 2.46. The van der Waals surface area contributed by atoms with Crippen LogP contribution >= 0.6 is 11.6 Å². The van der Waals surface area contributed by atoms with Crippen LogP contribution in [0.3, 0.4) is 0 Å². The van der Waals surface area contributed by atoms with Gasteiger partial charge in [-0.15, -0.1) is 0 Å². The third-order valence-corrected chi connectivity index (χ3v) is 6.07. The van der Waals surface area contributed by atoms with Crippen molar-refractivity contribution >= 4 is 27.3 Å². The first-order valence-electron chi connectivity index (χ1n) is 6.59. The molecule has 0 aliphatic heterocycles. The second-order valence-electron chi connectivity index (χ2n) is 5.22. The molecule has 3 rings (SSSR count). The first-order valence-corrected chi connectivity index (χ1v) is 8.41. The predicted octanol–water partition coefficient (Wildman–Crippen LogP) is 2.41. The molecule has 0 amide bonds. The molecule has 0 aromatic carbocycles. The lowest BCUT2D eigenvalue weighted by Crippen LogP contribution is -2.35. The van der Waals surface area contributed by atoms with Gasteiger partial charge in [0.1, 0.15) is 5.65 Å². The van der Waals surface area contributed by atoms with Crippen molar-refractivity contribution in [2.75, 3.05) is 13.6 Å². The molecule has 0 spiro atoms. The maximum Gasteiger partial charge on any atom is 0.262 e. The highest BCUT2D eigenvalue weighted by molar-refractivity contribution is 7.89. The first kappa shape index (κ1) is 13.9. The summed E-state index contributed by atoms with van der Waals surface area (Å²) in [5.41, 5.74) is 0.535. The standard InChI is InChI=1S/C13H16ClN3O2S/c1-16(9-10-5-4-6-10)20(18,19)13-12(14)15-11-7-2-3-8-17(11)13/h2-3,7-8,10H,4-6,9H2,1H3. The highest BCUT2D eigenvalue weighted by Gasteiger charge is 2.31. The lowest BCUT2D eigenvalue weighted by Gasteiger charge is -2.29. The van der Waals surface area contributed by atoms with Gasteiger partial charge in [0, 0.05) is 19.8 Å². The fourth-order valence-corrected chi connectivity index (χ4v) is 4.29. The van der Waals surface area contributed by atoms with Crippen LogP contribution in [0.4, 0.5) is 0 Å². The largest absolute Gasteiger partial charge is 0.288 e. The summed E-state index contributed by atoms with van der Waals surface area (Å²) in [6.45, 7) is 0.540. The van der Waals surface area contributed by atoms with Gasteiger partial charge in [0.05, 0.1) is 0 Å². The van der Waals surface area contributed by atoms with E-state index in [0.29, 0.717) is 18.1 Å². The maximum atomic E-state index is 12.7. The molecule has 20 heavy (non-hydrogen) atoms. The van der Waals surface area contributed by atoms with Crippen molar-refractivity contribution in [2.45, 2.75) is 24.3 Å². The molecule has 2 heterocycles. The number of fused-ring (bicyclic) bond motifs is 1. The molecule has 0 radical (unpaired) electrons. The van der Waals surface area contributed by atoms with Crippen LogP contribution in [0.25, 0.3) is 5.65 Å².